The lowest BCUT2D eigenvalue weighted by atomic mass is 10.1. The van der Waals surface area contributed by atoms with E-state index in [1.54, 1.807) is 18.2 Å². The van der Waals surface area contributed by atoms with Crippen LogP contribution in [0.25, 0.3) is 0 Å². The number of methoxy groups -OCH3 is 1. The zero-order chi connectivity index (χ0) is 22.5. The van der Waals surface area contributed by atoms with Gasteiger partial charge in [0.25, 0.3) is 11.5 Å². The first-order valence-corrected chi connectivity index (χ1v) is 10.2. The van der Waals surface area contributed by atoms with Crippen LogP contribution in [0, 0.1) is 5.92 Å². The molecule has 1 aromatic carbocycles. The number of hydrogen-bond acceptors (Lipinski definition) is 7. The lowest BCUT2D eigenvalue weighted by Gasteiger charge is -2.25. The van der Waals surface area contributed by atoms with Crippen LogP contribution >= 0.6 is 0 Å². The molecule has 2 heterocycles. The van der Waals surface area contributed by atoms with E-state index in [1.807, 2.05) is 13.8 Å². The van der Waals surface area contributed by atoms with Crippen LogP contribution in [0.15, 0.2) is 27.8 Å². The number of aromatic amines is 1. The van der Waals surface area contributed by atoms with Crippen LogP contribution in [-0.2, 0) is 11.3 Å². The van der Waals surface area contributed by atoms with Crippen LogP contribution in [0.1, 0.15) is 30.6 Å². The third-order valence-corrected chi connectivity index (χ3v) is 4.79. The van der Waals surface area contributed by atoms with Crippen LogP contribution in [0.2, 0.25) is 0 Å². The number of aromatic nitrogens is 2. The number of carbonyl (C=O) groups excluding carboxylic acids is 1. The van der Waals surface area contributed by atoms with Crippen molar-refractivity contribution in [2.45, 2.75) is 26.8 Å². The van der Waals surface area contributed by atoms with Crippen molar-refractivity contribution in [3.05, 3.63) is 44.6 Å². The summed E-state index contributed by atoms with van der Waals surface area (Å²) in [6, 6.07) is 4.84. The summed E-state index contributed by atoms with van der Waals surface area (Å²) in [5.74, 6) is 0.575. The molecule has 2 aromatic rings. The van der Waals surface area contributed by atoms with Gasteiger partial charge in [0.05, 0.1) is 19.8 Å². The average Bonchev–Trinajstić information content (AvgIpc) is 2.97. The SMILES string of the molecule is COCCN(C(=O)c1ccc2c(c1)OCCCO2)c1c(N)n(CC(C)C)c(=O)[nH]c1=O. The number of nitrogen functional groups attached to an aromatic ring is 1. The number of anilines is 2. The van der Waals surface area contributed by atoms with Crippen molar-refractivity contribution in [2.24, 2.45) is 5.92 Å². The molecule has 0 radical (unpaired) electrons. The first-order valence-electron chi connectivity index (χ1n) is 10.2. The van der Waals surface area contributed by atoms with E-state index < -0.39 is 17.2 Å². The Kier molecular flexibility index (Phi) is 7.01. The van der Waals surface area contributed by atoms with Gasteiger partial charge in [-0.1, -0.05) is 13.8 Å². The van der Waals surface area contributed by atoms with E-state index in [1.165, 1.54) is 16.6 Å². The highest BCUT2D eigenvalue weighted by Crippen LogP contribution is 2.31. The number of amides is 1. The summed E-state index contributed by atoms with van der Waals surface area (Å²) in [4.78, 5) is 41.9. The molecule has 31 heavy (non-hydrogen) atoms. The van der Waals surface area contributed by atoms with Gasteiger partial charge in [-0.15, -0.1) is 0 Å². The van der Waals surface area contributed by atoms with Crippen LogP contribution in [0.4, 0.5) is 11.5 Å². The number of nitrogens with zero attached hydrogens (tertiary/aromatic N) is 2. The molecular formula is C21H28N4O6. The summed E-state index contributed by atoms with van der Waals surface area (Å²) in [7, 11) is 1.49. The van der Waals surface area contributed by atoms with E-state index in [-0.39, 0.29) is 30.6 Å². The molecule has 1 amide bonds. The second-order valence-electron chi connectivity index (χ2n) is 7.66. The van der Waals surface area contributed by atoms with Crippen molar-refractivity contribution in [3.63, 3.8) is 0 Å². The van der Waals surface area contributed by atoms with Gasteiger partial charge >= 0.3 is 5.69 Å². The number of nitrogens with one attached hydrogen (secondary N) is 1. The van der Waals surface area contributed by atoms with Gasteiger partial charge < -0.3 is 19.9 Å². The molecule has 3 N–H and O–H groups in total. The molecule has 0 atom stereocenters. The van der Waals surface area contributed by atoms with Gasteiger partial charge in [-0.05, 0) is 24.1 Å². The number of carbonyl (C=O) groups is 1. The van der Waals surface area contributed by atoms with E-state index in [4.69, 9.17) is 19.9 Å². The van der Waals surface area contributed by atoms with Gasteiger partial charge in [-0.3, -0.25) is 24.0 Å². The normalized spacial score (nSPS) is 13.2. The van der Waals surface area contributed by atoms with Crippen molar-refractivity contribution in [1.82, 2.24) is 9.55 Å². The summed E-state index contributed by atoms with van der Waals surface area (Å²) in [5.41, 5.74) is 5.07. The monoisotopic (exact) mass is 432 g/mol. The van der Waals surface area contributed by atoms with Crippen LogP contribution < -0.4 is 31.4 Å². The van der Waals surface area contributed by atoms with Crippen LogP contribution in [0.3, 0.4) is 0 Å². The van der Waals surface area contributed by atoms with Gasteiger partial charge in [0.1, 0.15) is 5.82 Å². The largest absolute Gasteiger partial charge is 0.490 e. The highest BCUT2D eigenvalue weighted by molar-refractivity contribution is 6.07. The fraction of sp³-hybridized carbons (Fsp3) is 0.476. The van der Waals surface area contributed by atoms with Crippen molar-refractivity contribution in [2.75, 3.05) is 44.1 Å². The van der Waals surface area contributed by atoms with Crippen LogP contribution in [-0.4, -0.2) is 48.9 Å². The second-order valence-corrected chi connectivity index (χ2v) is 7.66. The number of hydrogen-bond donors (Lipinski definition) is 2. The third kappa shape index (κ3) is 4.91. The fourth-order valence-electron chi connectivity index (χ4n) is 3.33. The third-order valence-electron chi connectivity index (χ3n) is 4.79. The average molecular weight is 432 g/mol. The molecule has 0 saturated carbocycles. The number of fused-ring (bicyclic) bond motifs is 1. The second kappa shape index (κ2) is 9.69. The Morgan fingerprint density at radius 1 is 1.26 bits per heavy atom. The minimum Gasteiger partial charge on any atom is -0.490 e. The molecule has 168 valence electrons. The fourth-order valence-corrected chi connectivity index (χ4v) is 3.33. The number of ether oxygens (including phenoxy) is 3. The maximum Gasteiger partial charge on any atom is 0.330 e. The Bertz CT molecular complexity index is 1060. The van der Waals surface area contributed by atoms with Crippen molar-refractivity contribution >= 4 is 17.4 Å². The maximum absolute atomic E-state index is 13.4. The lowest BCUT2D eigenvalue weighted by Crippen LogP contribution is -2.42. The topological polar surface area (TPSA) is 129 Å². The summed E-state index contributed by atoms with van der Waals surface area (Å²) in [6.45, 7) is 5.37. The molecule has 0 fully saturated rings. The molecule has 1 aliphatic heterocycles. The molecule has 0 aliphatic carbocycles. The number of nitrogens with two attached hydrogens (primary N) is 1. The van der Waals surface area contributed by atoms with Gasteiger partial charge in [-0.25, -0.2) is 4.79 Å². The Hall–Kier alpha value is -3.27. The Morgan fingerprint density at radius 2 is 1.97 bits per heavy atom. The number of benzene rings is 1. The molecule has 0 unspecified atom stereocenters. The Labute approximate surface area is 179 Å². The minimum atomic E-state index is -0.735. The Morgan fingerprint density at radius 3 is 2.65 bits per heavy atom. The zero-order valence-corrected chi connectivity index (χ0v) is 18.0. The van der Waals surface area contributed by atoms with E-state index in [0.29, 0.717) is 36.8 Å². The van der Waals surface area contributed by atoms with E-state index in [9.17, 15) is 14.4 Å². The molecule has 0 spiro atoms. The predicted octanol–water partition coefficient (Wildman–Crippen LogP) is 1.23. The summed E-state index contributed by atoms with van der Waals surface area (Å²) < 4.78 is 17.7. The highest BCUT2D eigenvalue weighted by Gasteiger charge is 2.26. The van der Waals surface area contributed by atoms with Gasteiger partial charge in [0, 0.05) is 32.2 Å². The van der Waals surface area contributed by atoms with Gasteiger partial charge in [0.15, 0.2) is 17.2 Å². The molecule has 1 aromatic heterocycles. The predicted molar refractivity (Wildman–Crippen MR) is 116 cm³/mol. The number of rotatable bonds is 7. The molecule has 3 rings (SSSR count). The Balaban J connectivity index is 2.07. The van der Waals surface area contributed by atoms with Crippen molar-refractivity contribution in [1.29, 1.82) is 0 Å². The van der Waals surface area contributed by atoms with E-state index in [0.717, 1.165) is 6.42 Å². The van der Waals surface area contributed by atoms with E-state index in [2.05, 4.69) is 4.98 Å². The first kappa shape index (κ1) is 22.4. The summed E-state index contributed by atoms with van der Waals surface area (Å²) in [6.07, 6.45) is 0.737. The highest BCUT2D eigenvalue weighted by atomic mass is 16.5. The molecular weight excluding hydrogens is 404 g/mol. The van der Waals surface area contributed by atoms with E-state index >= 15 is 0 Å². The standard InChI is InChI=1S/C21H28N4O6/c1-13(2)12-25-18(22)17(19(26)23-21(25)28)24(7-10-29-3)20(27)14-5-6-15-16(11-14)31-9-4-8-30-15/h5-6,11,13H,4,7-10,12,22H2,1-3H3,(H,23,26,28). The molecule has 10 nitrogen and oxygen atoms in total. The molecule has 0 saturated heterocycles. The van der Waals surface area contributed by atoms with Crippen LogP contribution in [0.5, 0.6) is 11.5 Å². The quantitative estimate of drug-likeness (QED) is 0.673. The number of H-pyrrole nitrogens is 1. The zero-order valence-electron chi connectivity index (χ0n) is 18.0. The smallest absolute Gasteiger partial charge is 0.330 e. The summed E-state index contributed by atoms with van der Waals surface area (Å²) >= 11 is 0. The van der Waals surface area contributed by atoms with Crippen molar-refractivity contribution < 1.29 is 19.0 Å². The minimum absolute atomic E-state index is 0.0664. The molecule has 10 heteroatoms. The van der Waals surface area contributed by atoms with Gasteiger partial charge in [0.2, 0.25) is 0 Å². The summed E-state index contributed by atoms with van der Waals surface area (Å²) in [5, 5.41) is 0. The van der Waals surface area contributed by atoms with Crippen molar-refractivity contribution in [3.8, 4) is 11.5 Å². The lowest BCUT2D eigenvalue weighted by molar-refractivity contribution is 0.0975. The van der Waals surface area contributed by atoms with Gasteiger partial charge in [-0.2, -0.15) is 0 Å². The maximum atomic E-state index is 13.4. The molecule has 0 bridgehead atoms. The molecule has 1 aliphatic rings. The first-order chi connectivity index (χ1) is 14.8.